The minimum absolute atomic E-state index is 0.0283. The van der Waals surface area contributed by atoms with E-state index in [4.69, 9.17) is 9.84 Å². The molecule has 1 aromatic heterocycles. The smallest absolute Gasteiger partial charge is 0.307 e. The number of nitrogens with zero attached hydrogens (tertiary/aromatic N) is 1. The summed E-state index contributed by atoms with van der Waals surface area (Å²) in [5.41, 5.74) is 4.96. The second-order valence-corrected chi connectivity index (χ2v) is 8.67. The fraction of sp³-hybridized carbons (Fsp3) is 0.280. The molecule has 32 heavy (non-hydrogen) atoms. The average Bonchev–Trinajstić information content (AvgIpc) is 3.31. The van der Waals surface area contributed by atoms with Crippen molar-refractivity contribution in [1.29, 1.82) is 0 Å². The number of morpholine rings is 1. The van der Waals surface area contributed by atoms with Crippen LogP contribution in [-0.4, -0.2) is 61.3 Å². The summed E-state index contributed by atoms with van der Waals surface area (Å²) in [4.78, 5) is 26.3. The van der Waals surface area contributed by atoms with E-state index in [1.54, 1.807) is 0 Å². The Balaban J connectivity index is 1.34. The Morgan fingerprint density at radius 2 is 1.53 bits per heavy atom. The van der Waals surface area contributed by atoms with Crippen LogP contribution in [-0.2, 0) is 16.0 Å². The largest absolute Gasteiger partial charge is 0.481 e. The lowest BCUT2D eigenvalue weighted by Crippen LogP contribution is -2.41. The van der Waals surface area contributed by atoms with Crippen LogP contribution in [0.5, 0.6) is 0 Å². The van der Waals surface area contributed by atoms with E-state index in [1.165, 1.54) is 11.3 Å². The van der Waals surface area contributed by atoms with E-state index in [1.807, 2.05) is 60.0 Å². The number of hydrogen-bond acceptors (Lipinski definition) is 5. The summed E-state index contributed by atoms with van der Waals surface area (Å²) in [6.45, 7) is 4.83. The number of carboxylic acid groups (broad SMARTS) is 1. The number of benzene rings is 2. The van der Waals surface area contributed by atoms with Gasteiger partial charge in [0.15, 0.2) is 0 Å². The number of carboxylic acids is 1. The first-order chi connectivity index (χ1) is 15.6. The zero-order valence-corrected chi connectivity index (χ0v) is 18.6. The van der Waals surface area contributed by atoms with Gasteiger partial charge in [-0.1, -0.05) is 48.5 Å². The van der Waals surface area contributed by atoms with Gasteiger partial charge in [-0.15, -0.1) is 11.3 Å². The Kier molecular flexibility index (Phi) is 7.32. The van der Waals surface area contributed by atoms with Crippen molar-refractivity contribution in [1.82, 2.24) is 10.2 Å². The van der Waals surface area contributed by atoms with Gasteiger partial charge in [0.05, 0.1) is 24.5 Å². The number of aliphatic carboxylic acids is 1. The number of ether oxygens (including phenoxy) is 1. The molecule has 0 unspecified atom stereocenters. The Hall–Kier alpha value is -3.00. The van der Waals surface area contributed by atoms with Crippen LogP contribution in [0.1, 0.15) is 15.2 Å². The number of amides is 1. The first-order valence-corrected chi connectivity index (χ1v) is 11.5. The highest BCUT2D eigenvalue weighted by atomic mass is 32.1. The molecular formula is C25H26N2O4S. The van der Waals surface area contributed by atoms with Crippen LogP contribution in [0.15, 0.2) is 60.0 Å². The quantitative estimate of drug-likeness (QED) is 0.546. The molecule has 0 spiro atoms. The minimum atomic E-state index is -0.831. The van der Waals surface area contributed by atoms with Gasteiger partial charge >= 0.3 is 5.97 Å². The van der Waals surface area contributed by atoms with Crippen LogP contribution >= 0.6 is 11.3 Å². The zero-order valence-electron chi connectivity index (χ0n) is 17.8. The number of carbonyl (C=O) groups is 2. The summed E-state index contributed by atoms with van der Waals surface area (Å²) in [5.74, 6) is -0.865. The van der Waals surface area contributed by atoms with Gasteiger partial charge in [-0.25, -0.2) is 0 Å². The molecule has 3 aromatic rings. The lowest BCUT2D eigenvalue weighted by Gasteiger charge is -2.26. The molecule has 2 N–H and O–H groups in total. The molecule has 6 nitrogen and oxygen atoms in total. The van der Waals surface area contributed by atoms with Crippen LogP contribution in [0.4, 0.5) is 0 Å². The van der Waals surface area contributed by atoms with Crippen molar-refractivity contribution in [2.24, 2.45) is 0 Å². The van der Waals surface area contributed by atoms with E-state index in [2.05, 4.69) is 10.2 Å². The highest BCUT2D eigenvalue weighted by Gasteiger charge is 2.13. The summed E-state index contributed by atoms with van der Waals surface area (Å²) < 4.78 is 5.34. The third-order valence-electron chi connectivity index (χ3n) is 5.50. The first-order valence-electron chi connectivity index (χ1n) is 10.7. The molecule has 1 saturated heterocycles. The fourth-order valence-corrected chi connectivity index (χ4v) is 4.52. The molecule has 1 amide bonds. The highest BCUT2D eigenvalue weighted by Crippen LogP contribution is 2.28. The molecule has 1 aliphatic rings. The lowest BCUT2D eigenvalue weighted by molar-refractivity contribution is -0.136. The summed E-state index contributed by atoms with van der Waals surface area (Å²) in [6, 6.07) is 17.7. The highest BCUT2D eigenvalue weighted by molar-refractivity contribution is 7.12. The maximum absolute atomic E-state index is 12.5. The molecule has 4 rings (SSSR count). The summed E-state index contributed by atoms with van der Waals surface area (Å²) >= 11 is 1.45. The number of thiophene rings is 1. The fourth-order valence-electron chi connectivity index (χ4n) is 3.69. The Labute approximate surface area is 191 Å². The van der Waals surface area contributed by atoms with Crippen LogP contribution in [0.2, 0.25) is 0 Å². The van der Waals surface area contributed by atoms with Crippen molar-refractivity contribution in [3.05, 3.63) is 70.4 Å². The van der Waals surface area contributed by atoms with E-state index < -0.39 is 5.97 Å². The van der Waals surface area contributed by atoms with Crippen molar-refractivity contribution < 1.29 is 19.4 Å². The Morgan fingerprint density at radius 3 is 2.16 bits per heavy atom. The molecule has 0 radical (unpaired) electrons. The van der Waals surface area contributed by atoms with Crippen LogP contribution in [0, 0.1) is 0 Å². The third-order valence-corrected chi connectivity index (χ3v) is 6.43. The SMILES string of the molecule is O=C(O)Cc1ccc(-c2ccc(-c3csc(C(=O)NCCN4CCOCC4)c3)cc2)cc1. The molecule has 1 aliphatic heterocycles. The van der Waals surface area contributed by atoms with Crippen molar-refractivity contribution in [3.8, 4) is 22.3 Å². The van der Waals surface area contributed by atoms with Crippen LogP contribution < -0.4 is 5.32 Å². The summed E-state index contributed by atoms with van der Waals surface area (Å²) in [6.07, 6.45) is 0.0283. The first kappa shape index (κ1) is 22.2. The molecule has 166 valence electrons. The molecule has 1 fully saturated rings. The normalized spacial score (nSPS) is 14.2. The monoisotopic (exact) mass is 450 g/mol. The zero-order chi connectivity index (χ0) is 22.3. The van der Waals surface area contributed by atoms with Gasteiger partial charge in [0.1, 0.15) is 0 Å². The summed E-state index contributed by atoms with van der Waals surface area (Å²) in [7, 11) is 0. The second kappa shape index (κ2) is 10.5. The van der Waals surface area contributed by atoms with Gasteiger partial charge in [-0.2, -0.15) is 0 Å². The van der Waals surface area contributed by atoms with Crippen molar-refractivity contribution in [3.63, 3.8) is 0 Å². The van der Waals surface area contributed by atoms with Crippen molar-refractivity contribution in [2.45, 2.75) is 6.42 Å². The Morgan fingerprint density at radius 1 is 0.938 bits per heavy atom. The molecule has 2 heterocycles. The lowest BCUT2D eigenvalue weighted by atomic mass is 10.00. The molecular weight excluding hydrogens is 424 g/mol. The predicted molar refractivity (Wildman–Crippen MR) is 126 cm³/mol. The van der Waals surface area contributed by atoms with Gasteiger partial charge < -0.3 is 15.2 Å². The summed E-state index contributed by atoms with van der Waals surface area (Å²) in [5, 5.41) is 13.9. The van der Waals surface area contributed by atoms with E-state index >= 15 is 0 Å². The van der Waals surface area contributed by atoms with Gasteiger partial charge in [0, 0.05) is 26.2 Å². The molecule has 0 atom stereocenters. The van der Waals surface area contributed by atoms with E-state index in [9.17, 15) is 9.59 Å². The van der Waals surface area contributed by atoms with E-state index in [0.29, 0.717) is 11.4 Å². The van der Waals surface area contributed by atoms with Gasteiger partial charge in [-0.3, -0.25) is 14.5 Å². The van der Waals surface area contributed by atoms with Crippen LogP contribution in [0.3, 0.4) is 0 Å². The number of rotatable bonds is 8. The van der Waals surface area contributed by atoms with Crippen LogP contribution in [0.25, 0.3) is 22.3 Å². The minimum Gasteiger partial charge on any atom is -0.481 e. The van der Waals surface area contributed by atoms with Gasteiger partial charge in [-0.05, 0) is 39.3 Å². The topological polar surface area (TPSA) is 78.9 Å². The standard InChI is InChI=1S/C25H26N2O4S/c28-24(29)15-18-1-3-19(4-2-18)20-5-7-21(8-6-20)22-16-23(32-17-22)25(30)26-9-10-27-11-13-31-14-12-27/h1-8,16-17H,9-15H2,(H,26,30)(H,28,29). The number of carbonyl (C=O) groups excluding carboxylic acids is 1. The van der Waals surface area contributed by atoms with Crippen molar-refractivity contribution >= 4 is 23.2 Å². The average molecular weight is 451 g/mol. The van der Waals surface area contributed by atoms with E-state index in [-0.39, 0.29) is 12.3 Å². The molecule has 0 bridgehead atoms. The molecule has 0 aliphatic carbocycles. The van der Waals surface area contributed by atoms with E-state index in [0.717, 1.165) is 60.7 Å². The molecule has 2 aromatic carbocycles. The number of hydrogen-bond donors (Lipinski definition) is 2. The Bertz CT molecular complexity index is 1050. The maximum Gasteiger partial charge on any atom is 0.307 e. The molecule has 0 saturated carbocycles. The molecule has 7 heteroatoms. The second-order valence-electron chi connectivity index (χ2n) is 7.75. The van der Waals surface area contributed by atoms with Gasteiger partial charge in [0.25, 0.3) is 5.91 Å². The van der Waals surface area contributed by atoms with Crippen molar-refractivity contribution in [2.75, 3.05) is 39.4 Å². The maximum atomic E-state index is 12.5. The third kappa shape index (κ3) is 5.82. The number of nitrogens with one attached hydrogen (secondary N) is 1. The predicted octanol–water partition coefficient (Wildman–Crippen LogP) is 3.77. The van der Waals surface area contributed by atoms with Gasteiger partial charge in [0.2, 0.25) is 0 Å².